The summed E-state index contributed by atoms with van der Waals surface area (Å²) in [6, 6.07) is 9.65. The van der Waals surface area contributed by atoms with E-state index in [4.69, 9.17) is 5.73 Å². The van der Waals surface area contributed by atoms with Gasteiger partial charge in [0.05, 0.1) is 5.94 Å². The molecule has 1 amide bonds. The third kappa shape index (κ3) is 2.87. The van der Waals surface area contributed by atoms with Gasteiger partial charge in [0.15, 0.2) is 0 Å². The Morgan fingerprint density at radius 1 is 1.40 bits per heavy atom. The number of carbonyl (C=O) groups is 1. The fourth-order valence-corrected chi connectivity index (χ4v) is 2.85. The van der Waals surface area contributed by atoms with Crippen LogP contribution in [0.3, 0.4) is 0 Å². The van der Waals surface area contributed by atoms with E-state index in [0.717, 1.165) is 5.56 Å². The quantitative estimate of drug-likeness (QED) is 0.658. The second-order valence-corrected chi connectivity index (χ2v) is 5.46. The predicted molar refractivity (Wildman–Crippen MR) is 77.7 cm³/mol. The third-order valence-electron chi connectivity index (χ3n) is 4.01. The van der Waals surface area contributed by atoms with E-state index in [0.29, 0.717) is 25.8 Å². The number of hydrogen-bond donors (Lipinski definition) is 3. The first kappa shape index (κ1) is 15.0. The molecule has 1 heterocycles. The molecule has 20 heavy (non-hydrogen) atoms. The molecular formula is C14H21BN2O3. The van der Waals surface area contributed by atoms with Crippen molar-refractivity contribution in [1.82, 2.24) is 4.90 Å². The van der Waals surface area contributed by atoms with Gasteiger partial charge in [-0.1, -0.05) is 37.3 Å². The number of amides is 1. The summed E-state index contributed by atoms with van der Waals surface area (Å²) in [5, 5.41) is 18.7. The summed E-state index contributed by atoms with van der Waals surface area (Å²) in [7, 11) is -1.52. The van der Waals surface area contributed by atoms with Gasteiger partial charge in [-0.3, -0.25) is 4.79 Å². The van der Waals surface area contributed by atoms with Crippen LogP contribution in [0.25, 0.3) is 0 Å². The Morgan fingerprint density at radius 3 is 2.60 bits per heavy atom. The lowest BCUT2D eigenvalue weighted by Gasteiger charge is -2.29. The van der Waals surface area contributed by atoms with E-state index in [9.17, 15) is 14.8 Å². The Bertz CT molecular complexity index is 469. The minimum Gasteiger partial charge on any atom is -0.426 e. The highest BCUT2D eigenvalue weighted by molar-refractivity contribution is 6.43. The van der Waals surface area contributed by atoms with Crippen molar-refractivity contribution in [3.05, 3.63) is 35.9 Å². The number of rotatable bonds is 5. The van der Waals surface area contributed by atoms with E-state index < -0.39 is 18.6 Å². The summed E-state index contributed by atoms with van der Waals surface area (Å²) in [5.41, 5.74) is 6.34. The van der Waals surface area contributed by atoms with Gasteiger partial charge in [0.25, 0.3) is 0 Å². The lowest BCUT2D eigenvalue weighted by atomic mass is 9.76. The van der Waals surface area contributed by atoms with Crippen LogP contribution in [0, 0.1) is 0 Å². The highest BCUT2D eigenvalue weighted by Gasteiger charge is 2.47. The molecule has 1 aromatic rings. The lowest BCUT2D eigenvalue weighted by Crippen LogP contribution is -2.54. The molecule has 0 unspecified atom stereocenters. The first-order chi connectivity index (χ1) is 9.48. The summed E-state index contributed by atoms with van der Waals surface area (Å²) in [4.78, 5) is 14.0. The summed E-state index contributed by atoms with van der Waals surface area (Å²) >= 11 is 0. The Morgan fingerprint density at radius 2 is 2.05 bits per heavy atom. The van der Waals surface area contributed by atoms with Crippen molar-refractivity contribution in [2.24, 2.45) is 5.73 Å². The molecule has 1 fully saturated rings. The average Bonchev–Trinajstić information content (AvgIpc) is 2.69. The smallest absolute Gasteiger partial charge is 0.426 e. The fourth-order valence-electron chi connectivity index (χ4n) is 2.85. The molecule has 0 saturated carbocycles. The molecule has 4 N–H and O–H groups in total. The Labute approximate surface area is 119 Å². The maximum atomic E-state index is 12.5. The number of hydrogen-bond acceptors (Lipinski definition) is 4. The largest absolute Gasteiger partial charge is 0.475 e. The molecule has 1 aromatic carbocycles. The summed E-state index contributed by atoms with van der Waals surface area (Å²) < 4.78 is 0. The van der Waals surface area contributed by atoms with Gasteiger partial charge in [-0.25, -0.2) is 0 Å². The number of likely N-dealkylation sites (tertiary alicyclic amines) is 1. The van der Waals surface area contributed by atoms with Crippen LogP contribution in [-0.4, -0.2) is 46.0 Å². The second kappa shape index (κ2) is 5.95. The number of nitrogens with zero attached hydrogens (tertiary/aromatic N) is 1. The molecule has 0 aliphatic carbocycles. The van der Waals surface area contributed by atoms with Crippen molar-refractivity contribution in [2.45, 2.75) is 37.7 Å². The van der Waals surface area contributed by atoms with E-state index in [1.54, 1.807) is 0 Å². The van der Waals surface area contributed by atoms with E-state index in [-0.39, 0.29) is 5.91 Å². The molecule has 6 heteroatoms. The van der Waals surface area contributed by atoms with Crippen molar-refractivity contribution in [3.63, 3.8) is 0 Å². The van der Waals surface area contributed by atoms with Crippen molar-refractivity contribution >= 4 is 13.0 Å². The number of nitrogens with two attached hydrogens (primary N) is 1. The highest BCUT2D eigenvalue weighted by Crippen LogP contribution is 2.27. The Hall–Kier alpha value is -1.37. The molecular weight excluding hydrogens is 255 g/mol. The average molecular weight is 276 g/mol. The van der Waals surface area contributed by atoms with Crippen LogP contribution in [0.2, 0.25) is 0 Å². The molecule has 0 aromatic heterocycles. The normalized spacial score (nSPS) is 24.0. The van der Waals surface area contributed by atoms with Crippen LogP contribution < -0.4 is 5.73 Å². The van der Waals surface area contributed by atoms with Gasteiger partial charge in [-0.2, -0.15) is 0 Å². The number of carbonyl (C=O) groups excluding carboxylic acids is 1. The van der Waals surface area contributed by atoms with Gasteiger partial charge in [0.1, 0.15) is 5.54 Å². The van der Waals surface area contributed by atoms with Gasteiger partial charge in [0, 0.05) is 6.54 Å². The predicted octanol–water partition coefficient (Wildman–Crippen LogP) is -0.0505. The molecule has 0 spiro atoms. The van der Waals surface area contributed by atoms with Gasteiger partial charge in [-0.15, -0.1) is 0 Å². The molecule has 2 atom stereocenters. The zero-order valence-electron chi connectivity index (χ0n) is 11.7. The second-order valence-electron chi connectivity index (χ2n) is 5.46. The van der Waals surface area contributed by atoms with Crippen LogP contribution in [0.15, 0.2) is 30.3 Å². The molecule has 1 aliphatic heterocycles. The summed E-state index contributed by atoms with van der Waals surface area (Å²) in [5.74, 6) is -0.773. The molecule has 0 radical (unpaired) electrons. The maximum absolute atomic E-state index is 12.5. The molecule has 5 nitrogen and oxygen atoms in total. The van der Waals surface area contributed by atoms with Crippen molar-refractivity contribution in [1.29, 1.82) is 0 Å². The summed E-state index contributed by atoms with van der Waals surface area (Å²) in [6.45, 7) is 2.30. The van der Waals surface area contributed by atoms with Crippen LogP contribution in [0.1, 0.15) is 25.3 Å². The van der Waals surface area contributed by atoms with E-state index in [1.807, 2.05) is 37.3 Å². The minimum atomic E-state index is -1.52. The zero-order valence-corrected chi connectivity index (χ0v) is 11.7. The molecule has 0 bridgehead atoms. The Balaban J connectivity index is 2.13. The monoisotopic (exact) mass is 276 g/mol. The highest BCUT2D eigenvalue weighted by atomic mass is 16.4. The summed E-state index contributed by atoms with van der Waals surface area (Å²) in [6.07, 6.45) is 1.50. The molecule has 2 rings (SSSR count). The van der Waals surface area contributed by atoms with Crippen LogP contribution >= 0.6 is 0 Å². The van der Waals surface area contributed by atoms with Crippen LogP contribution in [-0.2, 0) is 11.2 Å². The number of benzene rings is 1. The maximum Gasteiger partial charge on any atom is 0.475 e. The first-order valence-corrected chi connectivity index (χ1v) is 6.98. The van der Waals surface area contributed by atoms with E-state index in [1.165, 1.54) is 4.90 Å². The van der Waals surface area contributed by atoms with Crippen LogP contribution in [0.4, 0.5) is 0 Å². The zero-order chi connectivity index (χ0) is 14.8. The minimum absolute atomic E-state index is 0.193. The third-order valence-corrected chi connectivity index (χ3v) is 4.01. The molecule has 1 saturated heterocycles. The fraction of sp³-hybridized carbons (Fsp3) is 0.500. The lowest BCUT2D eigenvalue weighted by molar-refractivity contribution is -0.133. The van der Waals surface area contributed by atoms with Crippen molar-refractivity contribution in [3.8, 4) is 0 Å². The Kier molecular flexibility index (Phi) is 4.47. The van der Waals surface area contributed by atoms with Crippen molar-refractivity contribution < 1.29 is 14.8 Å². The molecule has 108 valence electrons. The van der Waals surface area contributed by atoms with Crippen LogP contribution in [0.5, 0.6) is 0 Å². The first-order valence-electron chi connectivity index (χ1n) is 6.98. The van der Waals surface area contributed by atoms with Gasteiger partial charge < -0.3 is 20.7 Å². The van der Waals surface area contributed by atoms with Gasteiger partial charge in [-0.05, 0) is 24.8 Å². The SMILES string of the molecule is CC[C@@H](B(O)O)N1CC[C@](N)(Cc2ccccc2)C1=O. The standard InChI is InChI=1S/C14H21BN2O3/c1-2-12(15(19)20)17-9-8-14(16,13(17)18)10-11-6-4-3-5-7-11/h3-7,12,19-20H,2,8-10,16H2,1H3/t12-,14-/m0/s1. The van der Waals surface area contributed by atoms with Crippen molar-refractivity contribution in [2.75, 3.05) is 6.54 Å². The van der Waals surface area contributed by atoms with Gasteiger partial charge in [0.2, 0.25) is 5.91 Å². The van der Waals surface area contributed by atoms with E-state index in [2.05, 4.69) is 0 Å². The molecule has 1 aliphatic rings. The topological polar surface area (TPSA) is 86.8 Å². The van der Waals surface area contributed by atoms with E-state index >= 15 is 0 Å². The van der Waals surface area contributed by atoms with Gasteiger partial charge >= 0.3 is 7.12 Å².